The smallest absolute Gasteiger partial charge is 0.336 e. The van der Waals surface area contributed by atoms with Gasteiger partial charge in [-0.2, -0.15) is 0 Å². The van der Waals surface area contributed by atoms with Gasteiger partial charge in [0.2, 0.25) is 0 Å². The van der Waals surface area contributed by atoms with E-state index >= 15 is 0 Å². The molecule has 0 fully saturated rings. The second-order valence-corrected chi connectivity index (χ2v) is 6.48. The molecule has 5 nitrogen and oxygen atoms in total. The van der Waals surface area contributed by atoms with E-state index in [-0.39, 0.29) is 5.56 Å². The van der Waals surface area contributed by atoms with Crippen molar-refractivity contribution < 1.29 is 4.42 Å². The molecule has 3 aromatic rings. The Morgan fingerprint density at radius 2 is 1.92 bits per heavy atom. The maximum absolute atomic E-state index is 12.6. The van der Waals surface area contributed by atoms with Crippen molar-refractivity contribution in [2.45, 2.75) is 39.7 Å². The summed E-state index contributed by atoms with van der Waals surface area (Å²) in [5, 5.41) is 0.866. The Bertz CT molecular complexity index is 1080. The summed E-state index contributed by atoms with van der Waals surface area (Å²) in [6.07, 6.45) is 4.24. The van der Waals surface area contributed by atoms with E-state index in [1.165, 1.54) is 6.07 Å². The molecule has 0 saturated heterocycles. The fourth-order valence-electron chi connectivity index (χ4n) is 3.38. The monoisotopic (exact) mass is 322 g/mol. The van der Waals surface area contributed by atoms with Gasteiger partial charge in [0, 0.05) is 17.0 Å². The van der Waals surface area contributed by atoms with Crippen molar-refractivity contribution in [3.63, 3.8) is 0 Å². The highest BCUT2D eigenvalue weighted by Crippen LogP contribution is 2.22. The van der Waals surface area contributed by atoms with E-state index in [9.17, 15) is 9.59 Å². The van der Waals surface area contributed by atoms with Crippen molar-refractivity contribution in [2.75, 3.05) is 0 Å². The molecule has 0 bridgehead atoms. The second-order valence-electron chi connectivity index (χ2n) is 6.48. The fraction of sp³-hybridized carbons (Fsp3) is 0.316. The van der Waals surface area contributed by atoms with Crippen LogP contribution in [0, 0.1) is 13.8 Å². The molecular formula is C19H18N2O3. The molecule has 122 valence electrons. The number of nitrogens with zero attached hydrogens (tertiary/aromatic N) is 2. The summed E-state index contributed by atoms with van der Waals surface area (Å²) in [7, 11) is 0. The van der Waals surface area contributed by atoms with Crippen LogP contribution in [0.2, 0.25) is 0 Å². The Morgan fingerprint density at radius 3 is 2.75 bits per heavy atom. The number of hydrogen-bond donors (Lipinski definition) is 0. The molecule has 4 rings (SSSR count). The standard InChI is InChI=1S/C19H18N2O3/c1-11-6-15-13(8-18(22)24-17(15)7-12(11)2)9-21-10-20-16-5-3-4-14(16)19(21)23/h6-8,10H,3-5,9H2,1-2H3. The van der Waals surface area contributed by atoms with Gasteiger partial charge in [-0.3, -0.25) is 9.36 Å². The van der Waals surface area contributed by atoms with Gasteiger partial charge in [0.05, 0.1) is 18.6 Å². The lowest BCUT2D eigenvalue weighted by Crippen LogP contribution is -2.25. The molecule has 5 heteroatoms. The van der Waals surface area contributed by atoms with Gasteiger partial charge in [-0.25, -0.2) is 9.78 Å². The topological polar surface area (TPSA) is 65.1 Å². The molecule has 0 unspecified atom stereocenters. The Balaban J connectivity index is 1.87. The van der Waals surface area contributed by atoms with Crippen LogP contribution < -0.4 is 11.2 Å². The Kier molecular flexibility index (Phi) is 3.37. The first-order valence-corrected chi connectivity index (χ1v) is 8.14. The van der Waals surface area contributed by atoms with Crippen LogP contribution in [0.4, 0.5) is 0 Å². The van der Waals surface area contributed by atoms with E-state index in [4.69, 9.17) is 4.42 Å². The average molecular weight is 322 g/mol. The molecule has 0 atom stereocenters. The number of fused-ring (bicyclic) bond motifs is 2. The van der Waals surface area contributed by atoms with Crippen molar-refractivity contribution in [1.82, 2.24) is 9.55 Å². The molecule has 0 N–H and O–H groups in total. The molecular weight excluding hydrogens is 304 g/mol. The van der Waals surface area contributed by atoms with Crippen LogP contribution in [-0.2, 0) is 19.4 Å². The minimum Gasteiger partial charge on any atom is -0.423 e. The quantitative estimate of drug-likeness (QED) is 0.680. The molecule has 0 radical (unpaired) electrons. The molecule has 0 aliphatic heterocycles. The van der Waals surface area contributed by atoms with Gasteiger partial charge >= 0.3 is 5.63 Å². The van der Waals surface area contributed by atoms with Crippen LogP contribution in [0.25, 0.3) is 11.0 Å². The van der Waals surface area contributed by atoms with E-state index in [0.717, 1.165) is 52.6 Å². The Morgan fingerprint density at radius 1 is 1.12 bits per heavy atom. The van der Waals surface area contributed by atoms with Crippen LogP contribution in [0.1, 0.15) is 34.4 Å². The largest absolute Gasteiger partial charge is 0.423 e. The van der Waals surface area contributed by atoms with Gasteiger partial charge in [0.15, 0.2) is 0 Å². The van der Waals surface area contributed by atoms with E-state index < -0.39 is 5.63 Å². The van der Waals surface area contributed by atoms with E-state index in [2.05, 4.69) is 4.98 Å². The molecule has 1 aliphatic carbocycles. The van der Waals surface area contributed by atoms with E-state index in [1.807, 2.05) is 26.0 Å². The Hall–Kier alpha value is -2.69. The number of aromatic nitrogens is 2. The van der Waals surface area contributed by atoms with Crippen LogP contribution in [0.3, 0.4) is 0 Å². The first-order valence-electron chi connectivity index (χ1n) is 8.14. The van der Waals surface area contributed by atoms with Gasteiger partial charge in [-0.1, -0.05) is 0 Å². The number of aryl methyl sites for hydroxylation is 3. The summed E-state index contributed by atoms with van der Waals surface area (Å²) < 4.78 is 6.91. The zero-order chi connectivity index (χ0) is 16.8. The van der Waals surface area contributed by atoms with Crippen LogP contribution >= 0.6 is 0 Å². The summed E-state index contributed by atoms with van der Waals surface area (Å²) in [4.78, 5) is 28.9. The van der Waals surface area contributed by atoms with Crippen molar-refractivity contribution in [1.29, 1.82) is 0 Å². The lowest BCUT2D eigenvalue weighted by molar-refractivity contribution is 0.556. The molecule has 2 heterocycles. The Labute approximate surface area is 138 Å². The number of benzene rings is 1. The lowest BCUT2D eigenvalue weighted by atomic mass is 10.0. The van der Waals surface area contributed by atoms with Gasteiger partial charge in [0.25, 0.3) is 5.56 Å². The van der Waals surface area contributed by atoms with Gasteiger partial charge in [-0.15, -0.1) is 0 Å². The molecule has 0 spiro atoms. The zero-order valence-electron chi connectivity index (χ0n) is 13.8. The third-order valence-corrected chi connectivity index (χ3v) is 4.85. The third kappa shape index (κ3) is 2.37. The normalized spacial score (nSPS) is 13.4. The summed E-state index contributed by atoms with van der Waals surface area (Å²) in [6, 6.07) is 5.35. The van der Waals surface area contributed by atoms with E-state index in [0.29, 0.717) is 12.1 Å². The molecule has 24 heavy (non-hydrogen) atoms. The fourth-order valence-corrected chi connectivity index (χ4v) is 3.38. The highest BCUT2D eigenvalue weighted by atomic mass is 16.4. The summed E-state index contributed by atoms with van der Waals surface area (Å²) >= 11 is 0. The maximum Gasteiger partial charge on any atom is 0.336 e. The van der Waals surface area contributed by atoms with Crippen molar-refractivity contribution in [3.05, 3.63) is 73.2 Å². The minimum atomic E-state index is -0.400. The van der Waals surface area contributed by atoms with Gasteiger partial charge in [0.1, 0.15) is 5.58 Å². The molecule has 2 aromatic heterocycles. The van der Waals surface area contributed by atoms with Crippen LogP contribution in [0.15, 0.2) is 38.5 Å². The lowest BCUT2D eigenvalue weighted by Gasteiger charge is -2.11. The molecule has 0 amide bonds. The van der Waals surface area contributed by atoms with Gasteiger partial charge < -0.3 is 4.42 Å². The van der Waals surface area contributed by atoms with E-state index in [1.54, 1.807) is 10.9 Å². The van der Waals surface area contributed by atoms with Gasteiger partial charge in [-0.05, 0) is 61.9 Å². The number of hydrogen-bond acceptors (Lipinski definition) is 4. The predicted molar refractivity (Wildman–Crippen MR) is 91.6 cm³/mol. The van der Waals surface area contributed by atoms with Crippen molar-refractivity contribution in [3.8, 4) is 0 Å². The summed E-state index contributed by atoms with van der Waals surface area (Å²) in [5.41, 5.74) is 4.87. The highest BCUT2D eigenvalue weighted by molar-refractivity contribution is 5.81. The first-order chi connectivity index (χ1) is 11.5. The molecule has 0 saturated carbocycles. The van der Waals surface area contributed by atoms with Crippen molar-refractivity contribution in [2.24, 2.45) is 0 Å². The average Bonchev–Trinajstić information content (AvgIpc) is 3.01. The molecule has 1 aliphatic rings. The highest BCUT2D eigenvalue weighted by Gasteiger charge is 2.18. The summed E-state index contributed by atoms with van der Waals surface area (Å²) in [6.45, 7) is 4.33. The van der Waals surface area contributed by atoms with Crippen molar-refractivity contribution >= 4 is 11.0 Å². The third-order valence-electron chi connectivity index (χ3n) is 4.85. The predicted octanol–water partition coefficient (Wildman–Crippen LogP) is 2.50. The molecule has 1 aromatic carbocycles. The summed E-state index contributed by atoms with van der Waals surface area (Å²) in [5.74, 6) is 0. The zero-order valence-corrected chi connectivity index (χ0v) is 13.8. The van der Waals surface area contributed by atoms with Crippen LogP contribution in [-0.4, -0.2) is 9.55 Å². The SMILES string of the molecule is Cc1cc2oc(=O)cc(Cn3cnc4c(c3=O)CCC4)c2cc1C. The second kappa shape index (κ2) is 5.44. The maximum atomic E-state index is 12.6. The van der Waals surface area contributed by atoms with Crippen LogP contribution in [0.5, 0.6) is 0 Å². The number of rotatable bonds is 2. The minimum absolute atomic E-state index is 0.00252. The first kappa shape index (κ1) is 14.9.